The van der Waals surface area contributed by atoms with Gasteiger partial charge in [0.25, 0.3) is 5.91 Å². The molecule has 0 bridgehead atoms. The number of nitrogens with zero attached hydrogens (tertiary/aromatic N) is 1. The average molecular weight is 387 g/mol. The molecule has 0 aliphatic rings. The van der Waals surface area contributed by atoms with Crippen LogP contribution in [0.15, 0.2) is 54.6 Å². The van der Waals surface area contributed by atoms with Gasteiger partial charge < -0.3 is 0 Å². The molecule has 27 heavy (non-hydrogen) atoms. The zero-order valence-electron chi connectivity index (χ0n) is 16.2. The monoisotopic (exact) mass is 386 g/mol. The van der Waals surface area contributed by atoms with Gasteiger partial charge in [-0.05, 0) is 69.9 Å². The van der Waals surface area contributed by atoms with Crippen LogP contribution in [0.1, 0.15) is 56.0 Å². The molecule has 2 rings (SSSR count). The van der Waals surface area contributed by atoms with Gasteiger partial charge in [-0.15, -0.1) is 0 Å². The Morgan fingerprint density at radius 2 is 1.59 bits per heavy atom. The molecule has 0 radical (unpaired) electrons. The van der Waals surface area contributed by atoms with Gasteiger partial charge in [0, 0.05) is 17.0 Å². The Labute approximate surface area is 166 Å². The van der Waals surface area contributed by atoms with Crippen molar-refractivity contribution in [3.8, 4) is 0 Å². The number of unbranched alkanes of at least 4 members (excludes halogenated alkanes) is 1. The fourth-order valence-corrected chi connectivity index (χ4v) is 2.86. The molecule has 0 spiro atoms. The van der Waals surface area contributed by atoms with E-state index in [9.17, 15) is 9.59 Å². The van der Waals surface area contributed by atoms with Crippen LogP contribution < -0.4 is 5.43 Å². The van der Waals surface area contributed by atoms with Crippen molar-refractivity contribution in [1.82, 2.24) is 10.4 Å². The number of hydrazine groups is 1. The average Bonchev–Trinajstić information content (AvgIpc) is 2.63. The molecule has 0 fully saturated rings. The van der Waals surface area contributed by atoms with E-state index in [1.807, 2.05) is 39.0 Å². The molecule has 0 aromatic heterocycles. The van der Waals surface area contributed by atoms with E-state index in [4.69, 9.17) is 11.6 Å². The zero-order chi connectivity index (χ0) is 19.9. The topological polar surface area (TPSA) is 49.4 Å². The van der Waals surface area contributed by atoms with Crippen molar-refractivity contribution in [3.63, 3.8) is 0 Å². The Morgan fingerprint density at radius 1 is 0.963 bits per heavy atom. The predicted octanol–water partition coefficient (Wildman–Crippen LogP) is 5.02. The van der Waals surface area contributed by atoms with Gasteiger partial charge in [0.15, 0.2) is 0 Å². The number of nitrogens with one attached hydrogen (secondary N) is 1. The lowest BCUT2D eigenvalue weighted by atomic mass is 10.0. The summed E-state index contributed by atoms with van der Waals surface area (Å²) in [6, 6.07) is 16.8. The molecule has 0 saturated heterocycles. The van der Waals surface area contributed by atoms with E-state index < -0.39 is 5.54 Å². The Morgan fingerprint density at radius 3 is 2.19 bits per heavy atom. The Balaban J connectivity index is 1.91. The summed E-state index contributed by atoms with van der Waals surface area (Å²) in [5.41, 5.74) is 3.97. The van der Waals surface area contributed by atoms with Gasteiger partial charge in [-0.2, -0.15) is 0 Å². The number of halogens is 1. The van der Waals surface area contributed by atoms with Crippen LogP contribution in [0.25, 0.3) is 0 Å². The molecule has 1 N–H and O–H groups in total. The molecule has 0 heterocycles. The van der Waals surface area contributed by atoms with Crippen LogP contribution in [0.5, 0.6) is 0 Å². The van der Waals surface area contributed by atoms with Crippen molar-refractivity contribution in [2.24, 2.45) is 0 Å². The Kier molecular flexibility index (Phi) is 7.43. The molecule has 0 aliphatic heterocycles. The van der Waals surface area contributed by atoms with E-state index in [1.54, 1.807) is 24.3 Å². The quantitative estimate of drug-likeness (QED) is 0.559. The summed E-state index contributed by atoms with van der Waals surface area (Å²) in [5.74, 6) is -0.405. The molecular weight excluding hydrogens is 360 g/mol. The van der Waals surface area contributed by atoms with E-state index >= 15 is 0 Å². The van der Waals surface area contributed by atoms with Crippen LogP contribution in [0, 0.1) is 0 Å². The van der Waals surface area contributed by atoms with Gasteiger partial charge in [0.05, 0.1) is 5.54 Å². The number of aryl methyl sites for hydroxylation is 1. The summed E-state index contributed by atoms with van der Waals surface area (Å²) in [7, 11) is 0. The highest BCUT2D eigenvalue weighted by Gasteiger charge is 2.28. The van der Waals surface area contributed by atoms with Gasteiger partial charge in [0.1, 0.15) is 0 Å². The third-order valence-electron chi connectivity index (χ3n) is 4.19. The maximum absolute atomic E-state index is 12.7. The highest BCUT2D eigenvalue weighted by atomic mass is 35.5. The highest BCUT2D eigenvalue weighted by molar-refractivity contribution is 6.30. The molecule has 144 valence electrons. The van der Waals surface area contributed by atoms with Crippen molar-refractivity contribution in [2.45, 2.75) is 52.0 Å². The van der Waals surface area contributed by atoms with Crippen LogP contribution in [0.3, 0.4) is 0 Å². The van der Waals surface area contributed by atoms with Crippen LogP contribution >= 0.6 is 11.6 Å². The second-order valence-electron chi connectivity index (χ2n) is 7.54. The summed E-state index contributed by atoms with van der Waals surface area (Å²) in [5, 5.41) is 2.00. The first-order valence-electron chi connectivity index (χ1n) is 9.21. The standard InChI is InChI=1S/C22H27ClN2O2/c1-22(2,3)25(24-21(27)18-13-15-19(23)16-14-18)20(26)12-8-7-11-17-9-5-4-6-10-17/h4-6,9-10,13-16H,7-8,11-12H2,1-3H3,(H,24,27). The summed E-state index contributed by atoms with van der Waals surface area (Å²) in [6.07, 6.45) is 3.04. The molecule has 4 nitrogen and oxygen atoms in total. The number of benzene rings is 2. The van der Waals surface area contributed by atoms with E-state index in [0.29, 0.717) is 17.0 Å². The summed E-state index contributed by atoms with van der Waals surface area (Å²) < 4.78 is 0. The molecule has 2 aromatic carbocycles. The molecule has 2 amide bonds. The first-order valence-corrected chi connectivity index (χ1v) is 9.59. The van der Waals surface area contributed by atoms with E-state index in [2.05, 4.69) is 17.6 Å². The predicted molar refractivity (Wildman–Crippen MR) is 110 cm³/mol. The molecule has 2 aromatic rings. The summed E-state index contributed by atoms with van der Waals surface area (Å²) in [6.45, 7) is 5.70. The lowest BCUT2D eigenvalue weighted by Crippen LogP contribution is -2.55. The molecule has 0 atom stereocenters. The first-order chi connectivity index (χ1) is 12.8. The van der Waals surface area contributed by atoms with Crippen molar-refractivity contribution in [1.29, 1.82) is 0 Å². The fourth-order valence-electron chi connectivity index (χ4n) is 2.73. The number of carbonyl (C=O) groups excluding carboxylic acids is 2. The van der Waals surface area contributed by atoms with Gasteiger partial charge in [-0.25, -0.2) is 5.01 Å². The number of rotatable bonds is 6. The van der Waals surface area contributed by atoms with Crippen LogP contribution in [-0.2, 0) is 11.2 Å². The van der Waals surface area contributed by atoms with Crippen molar-refractivity contribution >= 4 is 23.4 Å². The van der Waals surface area contributed by atoms with Gasteiger partial charge >= 0.3 is 0 Å². The van der Waals surface area contributed by atoms with Crippen molar-refractivity contribution in [2.75, 3.05) is 0 Å². The molecular formula is C22H27ClN2O2. The second-order valence-corrected chi connectivity index (χ2v) is 7.98. The SMILES string of the molecule is CC(C)(C)N(NC(=O)c1ccc(Cl)cc1)C(=O)CCCCc1ccccc1. The largest absolute Gasteiger partial charge is 0.273 e. The number of amides is 2. The molecule has 0 aliphatic carbocycles. The number of hydrogen-bond acceptors (Lipinski definition) is 2. The number of hydrogen-bond donors (Lipinski definition) is 1. The molecule has 0 unspecified atom stereocenters. The maximum atomic E-state index is 12.7. The normalized spacial score (nSPS) is 11.1. The van der Waals surface area contributed by atoms with Crippen LogP contribution in [-0.4, -0.2) is 22.4 Å². The summed E-state index contributed by atoms with van der Waals surface area (Å²) in [4.78, 5) is 25.2. The lowest BCUT2D eigenvalue weighted by molar-refractivity contribution is -0.139. The molecule has 5 heteroatoms. The van der Waals surface area contributed by atoms with E-state index in [0.717, 1.165) is 19.3 Å². The third-order valence-corrected chi connectivity index (χ3v) is 4.44. The third kappa shape index (κ3) is 6.72. The van der Waals surface area contributed by atoms with Crippen molar-refractivity contribution < 1.29 is 9.59 Å². The minimum atomic E-state index is -0.515. The Hall–Kier alpha value is -2.33. The zero-order valence-corrected chi connectivity index (χ0v) is 16.9. The van der Waals surface area contributed by atoms with Crippen molar-refractivity contribution in [3.05, 3.63) is 70.7 Å². The van der Waals surface area contributed by atoms with Crippen LogP contribution in [0.4, 0.5) is 0 Å². The van der Waals surface area contributed by atoms with Gasteiger partial charge in [-0.3, -0.25) is 15.0 Å². The second kappa shape index (κ2) is 9.56. The Bertz CT molecular complexity index is 752. The summed E-state index contributed by atoms with van der Waals surface area (Å²) >= 11 is 5.86. The van der Waals surface area contributed by atoms with E-state index in [-0.39, 0.29) is 11.8 Å². The smallest absolute Gasteiger partial charge is 0.269 e. The maximum Gasteiger partial charge on any atom is 0.269 e. The minimum Gasteiger partial charge on any atom is -0.273 e. The van der Waals surface area contributed by atoms with Gasteiger partial charge in [0.2, 0.25) is 5.91 Å². The lowest BCUT2D eigenvalue weighted by Gasteiger charge is -2.35. The van der Waals surface area contributed by atoms with E-state index in [1.165, 1.54) is 10.6 Å². The number of carbonyl (C=O) groups is 2. The van der Waals surface area contributed by atoms with Gasteiger partial charge in [-0.1, -0.05) is 41.9 Å². The fraction of sp³-hybridized carbons (Fsp3) is 0.364. The first kappa shape index (κ1) is 21.0. The minimum absolute atomic E-state index is 0.0853. The molecule has 0 saturated carbocycles. The van der Waals surface area contributed by atoms with Crippen LogP contribution in [0.2, 0.25) is 5.02 Å². The highest BCUT2D eigenvalue weighted by Crippen LogP contribution is 2.16.